The van der Waals surface area contributed by atoms with Gasteiger partial charge in [-0.1, -0.05) is 0 Å². The number of likely N-dealkylation sites (tertiary alicyclic amines) is 1. The monoisotopic (exact) mass is 329 g/mol. The lowest BCUT2D eigenvalue weighted by molar-refractivity contribution is 0.0560. The Labute approximate surface area is 140 Å². The minimum atomic E-state index is -0.522. The number of benzene rings is 1. The quantitative estimate of drug-likeness (QED) is 0.789. The fourth-order valence-electron chi connectivity index (χ4n) is 2.62. The molecule has 0 saturated carbocycles. The van der Waals surface area contributed by atoms with Gasteiger partial charge in [-0.15, -0.1) is 0 Å². The van der Waals surface area contributed by atoms with E-state index in [0.29, 0.717) is 17.1 Å². The molecule has 1 aromatic heterocycles. The van der Waals surface area contributed by atoms with Crippen molar-refractivity contribution in [3.8, 4) is 5.75 Å². The Balaban J connectivity index is 1.57. The van der Waals surface area contributed by atoms with Gasteiger partial charge in [0.2, 0.25) is 5.76 Å². The van der Waals surface area contributed by atoms with Gasteiger partial charge in [0.25, 0.3) is 5.91 Å². The first-order chi connectivity index (χ1) is 11.7. The highest BCUT2D eigenvalue weighted by Gasteiger charge is 2.19. The molecule has 1 amide bonds. The molecule has 24 heavy (non-hydrogen) atoms. The van der Waals surface area contributed by atoms with Gasteiger partial charge in [0.1, 0.15) is 18.1 Å². The SMILES string of the molecule is COC(=O)c1ccc(COc2ccc(C(=O)N3CCCC3)cc2)o1. The largest absolute Gasteiger partial charge is 0.486 e. The van der Waals surface area contributed by atoms with Gasteiger partial charge < -0.3 is 18.8 Å². The molecule has 1 aliphatic rings. The molecule has 6 nitrogen and oxygen atoms in total. The summed E-state index contributed by atoms with van der Waals surface area (Å²) in [5.74, 6) is 0.832. The topological polar surface area (TPSA) is 69.0 Å². The lowest BCUT2D eigenvalue weighted by Gasteiger charge is -2.15. The van der Waals surface area contributed by atoms with Gasteiger partial charge in [0, 0.05) is 18.7 Å². The fourth-order valence-corrected chi connectivity index (χ4v) is 2.62. The summed E-state index contributed by atoms with van der Waals surface area (Å²) in [4.78, 5) is 25.4. The molecule has 2 aromatic rings. The van der Waals surface area contributed by atoms with Crippen molar-refractivity contribution in [3.05, 3.63) is 53.5 Å². The van der Waals surface area contributed by atoms with Crippen LogP contribution in [-0.2, 0) is 11.3 Å². The van der Waals surface area contributed by atoms with E-state index in [1.165, 1.54) is 7.11 Å². The smallest absolute Gasteiger partial charge is 0.373 e. The first-order valence-corrected chi connectivity index (χ1v) is 7.86. The average molecular weight is 329 g/mol. The molecular weight excluding hydrogens is 310 g/mol. The third-order valence-corrected chi connectivity index (χ3v) is 3.92. The van der Waals surface area contributed by atoms with E-state index in [9.17, 15) is 9.59 Å². The van der Waals surface area contributed by atoms with Gasteiger partial charge >= 0.3 is 5.97 Å². The van der Waals surface area contributed by atoms with Crippen molar-refractivity contribution in [2.75, 3.05) is 20.2 Å². The molecule has 1 aromatic carbocycles. The van der Waals surface area contributed by atoms with E-state index in [1.807, 2.05) is 4.90 Å². The average Bonchev–Trinajstić information content (AvgIpc) is 3.31. The molecule has 1 fully saturated rings. The lowest BCUT2D eigenvalue weighted by Crippen LogP contribution is -2.27. The second kappa shape index (κ2) is 7.21. The molecule has 2 heterocycles. The number of methoxy groups -OCH3 is 1. The van der Waals surface area contributed by atoms with Crippen LogP contribution in [0.3, 0.4) is 0 Å². The van der Waals surface area contributed by atoms with Crippen molar-refractivity contribution in [3.63, 3.8) is 0 Å². The van der Waals surface area contributed by atoms with Crippen molar-refractivity contribution in [2.24, 2.45) is 0 Å². The van der Waals surface area contributed by atoms with Gasteiger partial charge in [-0.2, -0.15) is 0 Å². The summed E-state index contributed by atoms with van der Waals surface area (Å²) in [6, 6.07) is 10.2. The van der Waals surface area contributed by atoms with Crippen molar-refractivity contribution in [1.29, 1.82) is 0 Å². The molecule has 0 bridgehead atoms. The van der Waals surface area contributed by atoms with E-state index in [0.717, 1.165) is 25.9 Å². The summed E-state index contributed by atoms with van der Waals surface area (Å²) < 4.78 is 15.5. The number of carbonyl (C=O) groups excluding carboxylic acids is 2. The van der Waals surface area contributed by atoms with Crippen LogP contribution in [0.4, 0.5) is 0 Å². The summed E-state index contributed by atoms with van der Waals surface area (Å²) in [5.41, 5.74) is 0.662. The predicted octanol–water partition coefficient (Wildman–Crippen LogP) is 2.88. The Hall–Kier alpha value is -2.76. The molecule has 1 saturated heterocycles. The standard InChI is InChI=1S/C18H19NO5/c1-22-18(21)16-9-8-15(24-16)12-23-14-6-4-13(5-7-14)17(20)19-10-2-3-11-19/h4-9H,2-3,10-12H2,1H3. The summed E-state index contributed by atoms with van der Waals surface area (Å²) in [6.45, 7) is 1.85. The highest BCUT2D eigenvalue weighted by atomic mass is 16.5. The third kappa shape index (κ3) is 3.59. The number of hydrogen-bond acceptors (Lipinski definition) is 5. The number of carbonyl (C=O) groups is 2. The number of furan rings is 1. The van der Waals surface area contributed by atoms with Crippen LogP contribution in [0, 0.1) is 0 Å². The highest BCUT2D eigenvalue weighted by molar-refractivity contribution is 5.94. The summed E-state index contributed by atoms with van der Waals surface area (Å²) in [6.07, 6.45) is 2.15. The molecule has 0 radical (unpaired) electrons. The molecule has 0 unspecified atom stereocenters. The predicted molar refractivity (Wildman–Crippen MR) is 86.0 cm³/mol. The number of amides is 1. The zero-order valence-electron chi connectivity index (χ0n) is 13.5. The maximum absolute atomic E-state index is 12.3. The number of ether oxygens (including phenoxy) is 2. The van der Waals surface area contributed by atoms with Gasteiger partial charge in [0.15, 0.2) is 0 Å². The molecule has 0 atom stereocenters. The molecule has 126 valence electrons. The van der Waals surface area contributed by atoms with Crippen molar-refractivity contribution in [1.82, 2.24) is 4.90 Å². The van der Waals surface area contributed by atoms with Crippen LogP contribution < -0.4 is 4.74 Å². The van der Waals surface area contributed by atoms with Crippen LogP contribution in [0.2, 0.25) is 0 Å². The van der Waals surface area contributed by atoms with Crippen LogP contribution in [0.25, 0.3) is 0 Å². The van der Waals surface area contributed by atoms with Gasteiger partial charge in [0.05, 0.1) is 7.11 Å². The van der Waals surface area contributed by atoms with Gasteiger partial charge in [-0.05, 0) is 49.2 Å². The molecule has 1 aliphatic heterocycles. The van der Waals surface area contributed by atoms with Gasteiger partial charge in [-0.25, -0.2) is 4.79 Å². The maximum Gasteiger partial charge on any atom is 0.373 e. The van der Waals surface area contributed by atoms with Gasteiger partial charge in [-0.3, -0.25) is 4.79 Å². The first kappa shape index (κ1) is 16.1. The minimum Gasteiger partial charge on any atom is -0.486 e. The Bertz CT molecular complexity index is 713. The van der Waals surface area contributed by atoms with Crippen LogP contribution in [0.1, 0.15) is 39.5 Å². The second-order valence-electron chi connectivity index (χ2n) is 5.57. The number of esters is 1. The fraction of sp³-hybridized carbons (Fsp3) is 0.333. The normalized spacial score (nSPS) is 13.8. The third-order valence-electron chi connectivity index (χ3n) is 3.92. The molecular formula is C18H19NO5. The summed E-state index contributed by atoms with van der Waals surface area (Å²) >= 11 is 0. The van der Waals surface area contributed by atoms with E-state index < -0.39 is 5.97 Å². The second-order valence-corrected chi connectivity index (χ2v) is 5.57. The van der Waals surface area contributed by atoms with Crippen LogP contribution >= 0.6 is 0 Å². The molecule has 0 N–H and O–H groups in total. The zero-order valence-corrected chi connectivity index (χ0v) is 13.5. The van der Waals surface area contributed by atoms with Crippen LogP contribution in [-0.4, -0.2) is 37.0 Å². The maximum atomic E-state index is 12.3. The first-order valence-electron chi connectivity index (χ1n) is 7.86. The molecule has 0 spiro atoms. The molecule has 6 heteroatoms. The Morgan fingerprint density at radius 3 is 2.46 bits per heavy atom. The van der Waals surface area contributed by atoms with E-state index in [-0.39, 0.29) is 18.3 Å². The highest BCUT2D eigenvalue weighted by Crippen LogP contribution is 2.18. The van der Waals surface area contributed by atoms with Crippen molar-refractivity contribution >= 4 is 11.9 Å². The van der Waals surface area contributed by atoms with Crippen LogP contribution in [0.5, 0.6) is 5.75 Å². The minimum absolute atomic E-state index is 0.0628. The van der Waals surface area contributed by atoms with Crippen molar-refractivity contribution < 1.29 is 23.5 Å². The Morgan fingerprint density at radius 2 is 1.79 bits per heavy atom. The van der Waals surface area contributed by atoms with E-state index in [1.54, 1.807) is 36.4 Å². The summed E-state index contributed by atoms with van der Waals surface area (Å²) in [5, 5.41) is 0. The van der Waals surface area contributed by atoms with E-state index in [2.05, 4.69) is 4.74 Å². The number of nitrogens with zero attached hydrogens (tertiary/aromatic N) is 1. The number of rotatable bonds is 5. The lowest BCUT2D eigenvalue weighted by atomic mass is 10.2. The van der Waals surface area contributed by atoms with Crippen LogP contribution in [0.15, 0.2) is 40.8 Å². The number of hydrogen-bond donors (Lipinski definition) is 0. The van der Waals surface area contributed by atoms with E-state index in [4.69, 9.17) is 9.15 Å². The molecule has 3 rings (SSSR count). The Kier molecular flexibility index (Phi) is 4.84. The van der Waals surface area contributed by atoms with Crippen molar-refractivity contribution in [2.45, 2.75) is 19.4 Å². The van der Waals surface area contributed by atoms with E-state index >= 15 is 0 Å². The molecule has 0 aliphatic carbocycles. The Morgan fingerprint density at radius 1 is 1.08 bits per heavy atom. The zero-order chi connectivity index (χ0) is 16.9. The summed E-state index contributed by atoms with van der Waals surface area (Å²) in [7, 11) is 1.30.